The molecule has 3 rings (SSSR count). The minimum Gasteiger partial charge on any atom is -0.445 e. The van der Waals surface area contributed by atoms with Gasteiger partial charge < -0.3 is 35.6 Å². The van der Waals surface area contributed by atoms with E-state index in [1.165, 1.54) is 0 Å². The maximum Gasteiger partial charge on any atom is 0.407 e. The topological polar surface area (TPSA) is 129 Å². The molecule has 0 aliphatic heterocycles. The molecule has 5 N–H and O–H groups in total. The summed E-state index contributed by atoms with van der Waals surface area (Å²) in [6.45, 7) is 5.46. The van der Waals surface area contributed by atoms with Gasteiger partial charge in [-0.05, 0) is 50.3 Å². The van der Waals surface area contributed by atoms with Crippen molar-refractivity contribution in [2.24, 2.45) is 0 Å². The van der Waals surface area contributed by atoms with Crippen molar-refractivity contribution >= 4 is 12.2 Å². The van der Waals surface area contributed by atoms with Crippen LogP contribution in [-0.4, -0.2) is 65.4 Å². The van der Waals surface area contributed by atoms with Crippen molar-refractivity contribution in [3.63, 3.8) is 0 Å². The Kier molecular flexibility index (Phi) is 12.8. The van der Waals surface area contributed by atoms with Crippen LogP contribution in [0.15, 0.2) is 91.0 Å². The fourth-order valence-corrected chi connectivity index (χ4v) is 4.34. The third kappa shape index (κ3) is 12.3. The van der Waals surface area contributed by atoms with Crippen LogP contribution in [0.2, 0.25) is 0 Å². The van der Waals surface area contributed by atoms with Gasteiger partial charge in [-0.3, -0.25) is 0 Å². The van der Waals surface area contributed by atoms with Gasteiger partial charge in [-0.15, -0.1) is 0 Å². The summed E-state index contributed by atoms with van der Waals surface area (Å²) in [5.41, 5.74) is 2.08. The van der Waals surface area contributed by atoms with E-state index in [4.69, 9.17) is 9.47 Å². The molecule has 42 heavy (non-hydrogen) atoms. The molecule has 0 saturated heterocycles. The molecular weight excluding hydrogens is 534 g/mol. The summed E-state index contributed by atoms with van der Waals surface area (Å²) in [4.78, 5) is 24.9. The monoisotopic (exact) mass is 577 g/mol. The number of rotatable bonds is 14. The van der Waals surface area contributed by atoms with Gasteiger partial charge in [0, 0.05) is 19.1 Å². The third-order valence-electron chi connectivity index (χ3n) is 6.49. The number of hydrogen-bond donors (Lipinski definition) is 5. The number of hydrogen-bond acceptors (Lipinski definition) is 7. The predicted octanol–water partition coefficient (Wildman–Crippen LogP) is 3.97. The van der Waals surface area contributed by atoms with Crippen LogP contribution in [0.5, 0.6) is 0 Å². The first-order valence-electron chi connectivity index (χ1n) is 14.2. The Balaban J connectivity index is 1.63. The smallest absolute Gasteiger partial charge is 0.407 e. The minimum atomic E-state index is -1.01. The largest absolute Gasteiger partial charge is 0.445 e. The van der Waals surface area contributed by atoms with Gasteiger partial charge in [0.1, 0.15) is 12.2 Å². The second-order valence-corrected chi connectivity index (χ2v) is 11.2. The number of alkyl carbamates (subject to hydrolysis) is 2. The van der Waals surface area contributed by atoms with Gasteiger partial charge in [-0.25, -0.2) is 9.59 Å². The number of benzene rings is 3. The van der Waals surface area contributed by atoms with E-state index < -0.39 is 42.1 Å². The Labute approximate surface area is 248 Å². The van der Waals surface area contributed by atoms with Gasteiger partial charge in [0.2, 0.25) is 0 Å². The van der Waals surface area contributed by atoms with Crippen LogP contribution in [0, 0.1) is 0 Å². The number of ether oxygens (including phenoxy) is 2. The van der Waals surface area contributed by atoms with E-state index in [-0.39, 0.29) is 19.7 Å². The quantitative estimate of drug-likeness (QED) is 0.196. The number of amides is 2. The van der Waals surface area contributed by atoms with Gasteiger partial charge in [0.05, 0.1) is 18.2 Å². The van der Waals surface area contributed by atoms with Crippen molar-refractivity contribution in [3.05, 3.63) is 108 Å². The van der Waals surface area contributed by atoms with E-state index in [1.54, 1.807) is 20.8 Å². The predicted molar refractivity (Wildman–Crippen MR) is 162 cm³/mol. The van der Waals surface area contributed by atoms with E-state index in [0.717, 1.165) is 16.7 Å². The number of carbonyl (C=O) groups excluding carboxylic acids is 2. The lowest BCUT2D eigenvalue weighted by molar-refractivity contribution is 0.0408. The minimum absolute atomic E-state index is 0.0577. The molecule has 4 atom stereocenters. The highest BCUT2D eigenvalue weighted by molar-refractivity contribution is 5.68. The van der Waals surface area contributed by atoms with E-state index in [2.05, 4.69) is 16.0 Å². The van der Waals surface area contributed by atoms with Gasteiger partial charge in [0.25, 0.3) is 0 Å². The van der Waals surface area contributed by atoms with Crippen LogP contribution in [0.4, 0.5) is 9.59 Å². The standard InChI is InChI=1S/C33H43N3O6/c1-33(2,3)42-32(40)36-28(20-25-15-9-5-10-16-25)30(38)21-34-27(19-24-13-7-4-8-14-24)29(37)22-35-31(39)41-23-26-17-11-6-12-18-26/h4-18,27-30,34,37-38H,19-23H2,1-3H3,(H,35,39)(H,36,40)/t27-,28+,29?,30-/m1/s1. The molecule has 0 aliphatic rings. The number of aliphatic hydroxyl groups is 2. The van der Waals surface area contributed by atoms with Crippen molar-refractivity contribution in [2.75, 3.05) is 13.1 Å². The highest BCUT2D eigenvalue weighted by Crippen LogP contribution is 2.12. The highest BCUT2D eigenvalue weighted by atomic mass is 16.6. The molecular formula is C33H43N3O6. The summed E-state index contributed by atoms with van der Waals surface area (Å²) in [5, 5.41) is 30.9. The lowest BCUT2D eigenvalue weighted by Gasteiger charge is -2.30. The van der Waals surface area contributed by atoms with Crippen LogP contribution < -0.4 is 16.0 Å². The van der Waals surface area contributed by atoms with E-state index in [1.807, 2.05) is 91.0 Å². The molecule has 3 aromatic carbocycles. The van der Waals surface area contributed by atoms with Crippen LogP contribution in [0.3, 0.4) is 0 Å². The molecule has 0 saturated carbocycles. The average Bonchev–Trinajstić information content (AvgIpc) is 2.97. The molecule has 1 unspecified atom stereocenters. The molecule has 0 bridgehead atoms. The molecule has 0 aliphatic carbocycles. The van der Waals surface area contributed by atoms with Crippen molar-refractivity contribution in [2.45, 2.75) is 70.1 Å². The Morgan fingerprint density at radius 2 is 1.17 bits per heavy atom. The highest BCUT2D eigenvalue weighted by Gasteiger charge is 2.27. The van der Waals surface area contributed by atoms with Crippen LogP contribution in [0.1, 0.15) is 37.5 Å². The maximum atomic E-state index is 12.6. The first kappa shape index (κ1) is 32.6. The van der Waals surface area contributed by atoms with Crippen molar-refractivity contribution in [1.82, 2.24) is 16.0 Å². The summed E-state index contributed by atoms with van der Waals surface area (Å²) in [6.07, 6.45) is -2.44. The SMILES string of the molecule is CC(C)(C)OC(=O)N[C@@H](Cc1ccccc1)[C@H](O)CN[C@H](Cc1ccccc1)C(O)CNC(=O)OCc1ccccc1. The second-order valence-electron chi connectivity index (χ2n) is 11.2. The van der Waals surface area contributed by atoms with Gasteiger partial charge in [-0.2, -0.15) is 0 Å². The van der Waals surface area contributed by atoms with Crippen molar-refractivity contribution in [1.29, 1.82) is 0 Å². The molecule has 9 heteroatoms. The molecule has 3 aromatic rings. The fraction of sp³-hybridized carbons (Fsp3) is 0.394. The molecule has 0 aromatic heterocycles. The third-order valence-corrected chi connectivity index (χ3v) is 6.49. The summed E-state index contributed by atoms with van der Waals surface area (Å²) < 4.78 is 10.7. The number of nitrogens with one attached hydrogen (secondary N) is 3. The molecule has 0 spiro atoms. The summed E-state index contributed by atoms with van der Waals surface area (Å²) >= 11 is 0. The summed E-state index contributed by atoms with van der Waals surface area (Å²) in [7, 11) is 0. The second kappa shape index (κ2) is 16.5. The lowest BCUT2D eigenvalue weighted by atomic mass is 9.98. The van der Waals surface area contributed by atoms with E-state index in [9.17, 15) is 19.8 Å². The zero-order valence-corrected chi connectivity index (χ0v) is 24.5. The number of aliphatic hydroxyl groups excluding tert-OH is 2. The van der Waals surface area contributed by atoms with Gasteiger partial charge in [-0.1, -0.05) is 91.0 Å². The molecule has 0 heterocycles. The molecule has 0 fully saturated rings. The molecule has 226 valence electrons. The van der Waals surface area contributed by atoms with Crippen LogP contribution in [-0.2, 0) is 28.9 Å². The zero-order valence-electron chi connectivity index (χ0n) is 24.5. The lowest BCUT2D eigenvalue weighted by Crippen LogP contribution is -2.54. The first-order valence-corrected chi connectivity index (χ1v) is 14.2. The van der Waals surface area contributed by atoms with E-state index in [0.29, 0.717) is 12.8 Å². The van der Waals surface area contributed by atoms with Crippen LogP contribution in [0.25, 0.3) is 0 Å². The fourth-order valence-electron chi connectivity index (χ4n) is 4.34. The Morgan fingerprint density at radius 3 is 1.69 bits per heavy atom. The summed E-state index contributed by atoms with van der Waals surface area (Å²) in [5.74, 6) is 0. The zero-order chi connectivity index (χ0) is 30.4. The van der Waals surface area contributed by atoms with Crippen molar-refractivity contribution < 1.29 is 29.3 Å². The molecule has 2 amide bonds. The number of carbonyl (C=O) groups is 2. The molecule has 0 radical (unpaired) electrons. The molecule has 9 nitrogen and oxygen atoms in total. The van der Waals surface area contributed by atoms with Gasteiger partial charge in [0.15, 0.2) is 0 Å². The first-order chi connectivity index (χ1) is 20.1. The maximum absolute atomic E-state index is 12.6. The Bertz CT molecular complexity index is 1200. The Morgan fingerprint density at radius 1 is 0.690 bits per heavy atom. The average molecular weight is 578 g/mol. The normalized spacial score (nSPS) is 14.2. The Hall–Kier alpha value is -3.92. The summed E-state index contributed by atoms with van der Waals surface area (Å²) in [6, 6.07) is 27.3. The van der Waals surface area contributed by atoms with Crippen molar-refractivity contribution in [3.8, 4) is 0 Å². The van der Waals surface area contributed by atoms with Gasteiger partial charge >= 0.3 is 12.2 Å². The van der Waals surface area contributed by atoms with Crippen LogP contribution >= 0.6 is 0 Å². The van der Waals surface area contributed by atoms with E-state index >= 15 is 0 Å².